The summed E-state index contributed by atoms with van der Waals surface area (Å²) in [7, 11) is 0. The van der Waals surface area contributed by atoms with E-state index in [9.17, 15) is 14.9 Å². The summed E-state index contributed by atoms with van der Waals surface area (Å²) in [4.78, 5) is 22.7. The Kier molecular flexibility index (Phi) is 4.89. The van der Waals surface area contributed by atoms with Crippen LogP contribution in [0.2, 0.25) is 0 Å². The van der Waals surface area contributed by atoms with Gasteiger partial charge in [0.2, 0.25) is 5.75 Å². The van der Waals surface area contributed by atoms with Gasteiger partial charge < -0.3 is 4.74 Å². The number of carbonyl (C=O) groups excluding carboxylic acids is 1. The van der Waals surface area contributed by atoms with E-state index in [1.54, 1.807) is 12.1 Å². The highest BCUT2D eigenvalue weighted by Crippen LogP contribution is 2.46. The van der Waals surface area contributed by atoms with E-state index in [1.165, 1.54) is 34.4 Å². The summed E-state index contributed by atoms with van der Waals surface area (Å²) in [6, 6.07) is 22.7. The van der Waals surface area contributed by atoms with E-state index in [2.05, 4.69) is 24.3 Å². The molecule has 0 unspecified atom stereocenters. The number of esters is 1. The monoisotopic (exact) mass is 373 g/mol. The lowest BCUT2D eigenvalue weighted by Gasteiger charge is -2.13. The summed E-state index contributed by atoms with van der Waals surface area (Å²) in [5.74, 6) is -0.200. The molecule has 1 aliphatic carbocycles. The highest BCUT2D eigenvalue weighted by molar-refractivity contribution is 5.79. The van der Waals surface area contributed by atoms with Crippen molar-refractivity contribution in [2.24, 2.45) is 0 Å². The van der Waals surface area contributed by atoms with Crippen LogP contribution in [0.3, 0.4) is 0 Å². The molecular formula is C23H19NO4. The maximum atomic E-state index is 12.2. The lowest BCUT2D eigenvalue weighted by molar-refractivity contribution is -0.385. The molecule has 3 aromatic rings. The molecule has 5 nitrogen and oxygen atoms in total. The van der Waals surface area contributed by atoms with E-state index >= 15 is 0 Å². The third-order valence-electron chi connectivity index (χ3n) is 5.12. The second kappa shape index (κ2) is 7.64. The Balaban J connectivity index is 1.42. The molecule has 0 aliphatic heterocycles. The number of nitro groups is 1. The quantitative estimate of drug-likeness (QED) is 0.248. The predicted molar refractivity (Wildman–Crippen MR) is 106 cm³/mol. The molecule has 5 heteroatoms. The number of para-hydroxylation sites is 2. The minimum Gasteiger partial charge on any atom is -0.419 e. The number of rotatable bonds is 6. The number of nitrogens with zero attached hydrogens (tertiary/aromatic N) is 1. The Hall–Kier alpha value is -3.47. The van der Waals surface area contributed by atoms with Gasteiger partial charge in [-0.15, -0.1) is 0 Å². The van der Waals surface area contributed by atoms with Crippen LogP contribution >= 0.6 is 0 Å². The minimum absolute atomic E-state index is 0.00550. The van der Waals surface area contributed by atoms with Crippen LogP contribution in [-0.4, -0.2) is 10.9 Å². The summed E-state index contributed by atoms with van der Waals surface area (Å²) in [6.45, 7) is 0. The summed E-state index contributed by atoms with van der Waals surface area (Å²) in [5.41, 5.74) is 4.89. The third-order valence-corrected chi connectivity index (χ3v) is 5.12. The van der Waals surface area contributed by atoms with Gasteiger partial charge in [0.25, 0.3) is 0 Å². The first-order chi connectivity index (χ1) is 13.6. The molecule has 0 radical (unpaired) electrons. The van der Waals surface area contributed by atoms with E-state index in [0.717, 1.165) is 6.42 Å². The molecule has 0 heterocycles. The summed E-state index contributed by atoms with van der Waals surface area (Å²) >= 11 is 0. The van der Waals surface area contributed by atoms with E-state index in [0.29, 0.717) is 6.42 Å². The van der Waals surface area contributed by atoms with E-state index in [4.69, 9.17) is 4.74 Å². The summed E-state index contributed by atoms with van der Waals surface area (Å²) in [5, 5.41) is 11.0. The van der Waals surface area contributed by atoms with Gasteiger partial charge >= 0.3 is 11.7 Å². The molecule has 140 valence electrons. The van der Waals surface area contributed by atoms with E-state index in [-0.39, 0.29) is 23.8 Å². The molecule has 0 N–H and O–H groups in total. The van der Waals surface area contributed by atoms with Gasteiger partial charge in [-0.2, -0.15) is 0 Å². The first-order valence-corrected chi connectivity index (χ1v) is 9.27. The summed E-state index contributed by atoms with van der Waals surface area (Å²) < 4.78 is 5.23. The lowest BCUT2D eigenvalue weighted by Crippen LogP contribution is -2.09. The maximum Gasteiger partial charge on any atom is 0.311 e. The highest BCUT2D eigenvalue weighted by atomic mass is 16.6. The van der Waals surface area contributed by atoms with Crippen molar-refractivity contribution in [1.82, 2.24) is 0 Å². The fraction of sp³-hybridized carbons (Fsp3) is 0.174. The predicted octanol–water partition coefficient (Wildman–Crippen LogP) is 5.48. The average molecular weight is 373 g/mol. The molecule has 0 aromatic heterocycles. The Morgan fingerprint density at radius 2 is 1.46 bits per heavy atom. The van der Waals surface area contributed by atoms with Crippen molar-refractivity contribution in [2.75, 3.05) is 0 Å². The Labute approximate surface area is 162 Å². The standard InChI is InChI=1S/C23H19NO4/c25-23(28-22-14-6-5-13-21(22)24(26)27)15-7-12-20-18-10-3-1-8-16(18)17-9-2-4-11-19(17)20/h1-6,8-11,13-14,20H,7,12,15H2. The molecule has 28 heavy (non-hydrogen) atoms. The van der Waals surface area contributed by atoms with Crippen LogP contribution in [0, 0.1) is 10.1 Å². The van der Waals surface area contributed by atoms with Crippen molar-refractivity contribution in [2.45, 2.75) is 25.2 Å². The lowest BCUT2D eigenvalue weighted by atomic mass is 9.91. The number of hydrogen-bond donors (Lipinski definition) is 0. The molecule has 0 saturated carbocycles. The Morgan fingerprint density at radius 1 is 0.893 bits per heavy atom. The minimum atomic E-state index is -0.547. The van der Waals surface area contributed by atoms with Crippen LogP contribution in [-0.2, 0) is 4.79 Å². The molecule has 0 spiro atoms. The number of nitro benzene ring substituents is 1. The molecule has 0 fully saturated rings. The Bertz CT molecular complexity index is 999. The number of carbonyl (C=O) groups is 1. The molecule has 1 aliphatic rings. The van der Waals surface area contributed by atoms with Crippen molar-refractivity contribution in [3.05, 3.63) is 94.0 Å². The van der Waals surface area contributed by atoms with Gasteiger partial charge in [0, 0.05) is 18.4 Å². The number of hydrogen-bond acceptors (Lipinski definition) is 4. The van der Waals surface area contributed by atoms with Crippen LogP contribution < -0.4 is 4.74 Å². The van der Waals surface area contributed by atoms with Gasteiger partial charge in [-0.25, -0.2) is 0 Å². The largest absolute Gasteiger partial charge is 0.419 e. The van der Waals surface area contributed by atoms with Gasteiger partial charge in [0.1, 0.15) is 0 Å². The SMILES string of the molecule is O=C(CCCC1c2ccccc2-c2ccccc21)Oc1ccccc1[N+](=O)[O-]. The van der Waals surface area contributed by atoms with E-state index in [1.807, 2.05) is 24.3 Å². The Morgan fingerprint density at radius 3 is 2.11 bits per heavy atom. The maximum absolute atomic E-state index is 12.2. The van der Waals surface area contributed by atoms with Gasteiger partial charge in [-0.1, -0.05) is 60.7 Å². The van der Waals surface area contributed by atoms with E-state index < -0.39 is 10.9 Å². The normalized spacial score (nSPS) is 12.3. The number of ether oxygens (including phenoxy) is 1. The molecule has 3 aromatic carbocycles. The second-order valence-corrected chi connectivity index (χ2v) is 6.82. The van der Waals surface area contributed by atoms with Crippen molar-refractivity contribution < 1.29 is 14.5 Å². The van der Waals surface area contributed by atoms with Crippen molar-refractivity contribution in [3.8, 4) is 16.9 Å². The second-order valence-electron chi connectivity index (χ2n) is 6.82. The van der Waals surface area contributed by atoms with Crippen LogP contribution in [0.15, 0.2) is 72.8 Å². The highest BCUT2D eigenvalue weighted by Gasteiger charge is 2.27. The number of fused-ring (bicyclic) bond motifs is 3. The van der Waals surface area contributed by atoms with Gasteiger partial charge in [0.15, 0.2) is 0 Å². The zero-order chi connectivity index (χ0) is 19.5. The van der Waals surface area contributed by atoms with Crippen molar-refractivity contribution >= 4 is 11.7 Å². The molecule has 0 bridgehead atoms. The molecule has 0 saturated heterocycles. The van der Waals surface area contributed by atoms with Crippen molar-refractivity contribution in [1.29, 1.82) is 0 Å². The topological polar surface area (TPSA) is 69.4 Å². The molecule has 0 amide bonds. The molecule has 0 atom stereocenters. The molecular weight excluding hydrogens is 354 g/mol. The van der Waals surface area contributed by atoms with Crippen LogP contribution in [0.1, 0.15) is 36.3 Å². The zero-order valence-corrected chi connectivity index (χ0v) is 15.2. The van der Waals surface area contributed by atoms with Gasteiger partial charge in [-0.05, 0) is 41.2 Å². The van der Waals surface area contributed by atoms with Crippen LogP contribution in [0.5, 0.6) is 5.75 Å². The van der Waals surface area contributed by atoms with Crippen LogP contribution in [0.4, 0.5) is 5.69 Å². The number of benzene rings is 3. The first kappa shape index (κ1) is 17.9. The fourth-order valence-electron chi connectivity index (χ4n) is 3.89. The molecule has 4 rings (SSSR count). The van der Waals surface area contributed by atoms with Crippen LogP contribution in [0.25, 0.3) is 11.1 Å². The van der Waals surface area contributed by atoms with Gasteiger partial charge in [-0.3, -0.25) is 14.9 Å². The third kappa shape index (κ3) is 3.39. The smallest absolute Gasteiger partial charge is 0.311 e. The first-order valence-electron chi connectivity index (χ1n) is 9.27. The zero-order valence-electron chi connectivity index (χ0n) is 15.2. The fourth-order valence-corrected chi connectivity index (χ4v) is 3.89. The average Bonchev–Trinajstić information content (AvgIpc) is 3.02. The van der Waals surface area contributed by atoms with Crippen molar-refractivity contribution in [3.63, 3.8) is 0 Å². The van der Waals surface area contributed by atoms with Gasteiger partial charge in [0.05, 0.1) is 4.92 Å². The summed E-state index contributed by atoms with van der Waals surface area (Å²) in [6.07, 6.45) is 1.68.